The number of pyridine rings is 1. The first-order valence-corrected chi connectivity index (χ1v) is 10.7. The topological polar surface area (TPSA) is 61.4 Å². The average Bonchev–Trinajstić information content (AvgIpc) is 3.16. The lowest BCUT2D eigenvalue weighted by atomic mass is 10.1. The summed E-state index contributed by atoms with van der Waals surface area (Å²) in [6.07, 6.45) is 1.66. The van der Waals surface area contributed by atoms with Gasteiger partial charge >= 0.3 is 0 Å². The molecule has 1 fully saturated rings. The van der Waals surface area contributed by atoms with Gasteiger partial charge in [-0.25, -0.2) is 9.97 Å². The lowest BCUT2D eigenvalue weighted by Gasteiger charge is -2.35. The molecule has 3 heterocycles. The Hall–Kier alpha value is -2.48. The van der Waals surface area contributed by atoms with E-state index >= 15 is 0 Å². The predicted molar refractivity (Wildman–Crippen MR) is 119 cm³/mol. The van der Waals surface area contributed by atoms with Crippen molar-refractivity contribution in [3.63, 3.8) is 0 Å². The van der Waals surface area contributed by atoms with Gasteiger partial charge in [0.25, 0.3) is 0 Å². The van der Waals surface area contributed by atoms with Crippen LogP contribution in [0.1, 0.15) is 5.01 Å². The number of nitrogens with one attached hydrogen (secondary N) is 1. The zero-order valence-corrected chi connectivity index (χ0v) is 17.7. The summed E-state index contributed by atoms with van der Waals surface area (Å²) in [6, 6.07) is 11.6. The van der Waals surface area contributed by atoms with Crippen LogP contribution in [0.2, 0.25) is 5.02 Å². The monoisotopic (exact) mass is 427 g/mol. The summed E-state index contributed by atoms with van der Waals surface area (Å²) < 4.78 is 0. The Bertz CT molecular complexity index is 983. The van der Waals surface area contributed by atoms with Gasteiger partial charge in [0, 0.05) is 49.0 Å². The maximum atomic E-state index is 12.5. The van der Waals surface area contributed by atoms with Gasteiger partial charge in [-0.15, -0.1) is 11.3 Å². The van der Waals surface area contributed by atoms with Crippen molar-refractivity contribution in [2.75, 3.05) is 42.9 Å². The average molecular weight is 428 g/mol. The van der Waals surface area contributed by atoms with E-state index < -0.39 is 0 Å². The van der Waals surface area contributed by atoms with Crippen LogP contribution in [-0.4, -0.2) is 53.5 Å². The molecule has 1 aliphatic rings. The number of thiazole rings is 1. The Morgan fingerprint density at radius 1 is 1.21 bits per heavy atom. The van der Waals surface area contributed by atoms with Crippen LogP contribution in [0.4, 0.5) is 11.5 Å². The van der Waals surface area contributed by atoms with Gasteiger partial charge in [-0.05, 0) is 31.2 Å². The number of carbonyl (C=O) groups is 1. The normalized spacial score (nSPS) is 14.8. The standard InChI is InChI=1S/C21H22ClN5OS/c1-15-24-19(14-29-15)16-3-2-4-18(11-16)25-21(28)13-26-7-9-27(10-8-26)20-6-5-17(22)12-23-20/h2-6,11-12,14H,7-10,13H2,1H3,(H,25,28). The van der Waals surface area contributed by atoms with Crippen molar-refractivity contribution in [2.45, 2.75) is 6.92 Å². The van der Waals surface area contributed by atoms with Crippen LogP contribution >= 0.6 is 22.9 Å². The highest BCUT2D eigenvalue weighted by molar-refractivity contribution is 7.09. The summed E-state index contributed by atoms with van der Waals surface area (Å²) in [7, 11) is 0. The SMILES string of the molecule is Cc1nc(-c2cccc(NC(=O)CN3CCN(c4ccc(Cl)cn4)CC3)c2)cs1. The van der Waals surface area contributed by atoms with Gasteiger partial charge in [0.1, 0.15) is 5.82 Å². The quantitative estimate of drug-likeness (QED) is 0.668. The number of nitrogens with zero attached hydrogens (tertiary/aromatic N) is 4. The molecule has 1 amide bonds. The minimum atomic E-state index is -0.00493. The number of carbonyl (C=O) groups excluding carboxylic acids is 1. The molecular weight excluding hydrogens is 406 g/mol. The summed E-state index contributed by atoms with van der Waals surface area (Å²) in [5.74, 6) is 0.919. The highest BCUT2D eigenvalue weighted by Crippen LogP contribution is 2.24. The number of amides is 1. The summed E-state index contributed by atoms with van der Waals surface area (Å²) in [5.41, 5.74) is 2.74. The fourth-order valence-corrected chi connectivity index (χ4v) is 4.08. The van der Waals surface area contributed by atoms with E-state index in [-0.39, 0.29) is 5.91 Å². The summed E-state index contributed by atoms with van der Waals surface area (Å²) in [6.45, 7) is 5.66. The first-order chi connectivity index (χ1) is 14.1. The Kier molecular flexibility index (Phi) is 6.08. The van der Waals surface area contributed by atoms with Gasteiger partial charge in [0.05, 0.1) is 22.3 Å². The predicted octanol–water partition coefficient (Wildman–Crippen LogP) is 3.93. The second-order valence-electron chi connectivity index (χ2n) is 6.98. The summed E-state index contributed by atoms with van der Waals surface area (Å²) in [4.78, 5) is 25.8. The van der Waals surface area contributed by atoms with Crippen LogP contribution in [0.25, 0.3) is 11.3 Å². The minimum Gasteiger partial charge on any atom is -0.354 e. The molecule has 4 rings (SSSR count). The first kappa shape index (κ1) is 19.8. The molecule has 0 aliphatic carbocycles. The smallest absolute Gasteiger partial charge is 0.238 e. The van der Waals surface area contributed by atoms with Crippen molar-refractivity contribution in [3.8, 4) is 11.3 Å². The van der Waals surface area contributed by atoms with Crippen LogP contribution in [-0.2, 0) is 4.79 Å². The second-order valence-corrected chi connectivity index (χ2v) is 8.48. The van der Waals surface area contributed by atoms with E-state index in [0.29, 0.717) is 11.6 Å². The molecule has 2 aromatic heterocycles. The number of hydrogen-bond donors (Lipinski definition) is 1. The minimum absolute atomic E-state index is 0.00493. The molecule has 29 heavy (non-hydrogen) atoms. The number of aryl methyl sites for hydroxylation is 1. The Morgan fingerprint density at radius 2 is 2.03 bits per heavy atom. The molecule has 8 heteroatoms. The van der Waals surface area contributed by atoms with Crippen molar-refractivity contribution in [3.05, 3.63) is 58.0 Å². The van der Waals surface area contributed by atoms with Gasteiger partial charge in [-0.1, -0.05) is 23.7 Å². The number of piperazine rings is 1. The fraction of sp³-hybridized carbons (Fsp3) is 0.286. The maximum absolute atomic E-state index is 12.5. The summed E-state index contributed by atoms with van der Waals surface area (Å²) >= 11 is 7.53. The Balaban J connectivity index is 1.30. The largest absolute Gasteiger partial charge is 0.354 e. The molecule has 1 N–H and O–H groups in total. The van der Waals surface area contributed by atoms with E-state index in [0.717, 1.165) is 53.9 Å². The van der Waals surface area contributed by atoms with Crippen LogP contribution in [0.15, 0.2) is 48.0 Å². The van der Waals surface area contributed by atoms with Gasteiger partial charge < -0.3 is 10.2 Å². The van der Waals surface area contributed by atoms with Crippen molar-refractivity contribution < 1.29 is 4.79 Å². The zero-order valence-electron chi connectivity index (χ0n) is 16.1. The number of aromatic nitrogens is 2. The molecule has 0 radical (unpaired) electrons. The van der Waals surface area contributed by atoms with Crippen LogP contribution in [0.5, 0.6) is 0 Å². The van der Waals surface area contributed by atoms with Gasteiger partial charge in [-0.2, -0.15) is 0 Å². The molecule has 1 aliphatic heterocycles. The molecule has 6 nitrogen and oxygen atoms in total. The van der Waals surface area contributed by atoms with Crippen molar-refractivity contribution in [1.29, 1.82) is 0 Å². The molecule has 0 spiro atoms. The van der Waals surface area contributed by atoms with Crippen molar-refractivity contribution >= 4 is 40.4 Å². The highest BCUT2D eigenvalue weighted by atomic mass is 35.5. The zero-order chi connectivity index (χ0) is 20.2. The van der Waals surface area contributed by atoms with E-state index in [1.54, 1.807) is 17.5 Å². The third kappa shape index (κ3) is 5.12. The van der Waals surface area contributed by atoms with E-state index in [9.17, 15) is 4.79 Å². The molecule has 0 bridgehead atoms. The van der Waals surface area contributed by atoms with Crippen LogP contribution in [0, 0.1) is 6.92 Å². The molecule has 0 unspecified atom stereocenters. The molecular formula is C21H22ClN5OS. The Labute approximate surface area is 179 Å². The molecule has 0 atom stereocenters. The molecule has 1 saturated heterocycles. The summed E-state index contributed by atoms with van der Waals surface area (Å²) in [5, 5.41) is 6.71. The lowest BCUT2D eigenvalue weighted by Crippen LogP contribution is -2.48. The van der Waals surface area contributed by atoms with Gasteiger partial charge in [0.15, 0.2) is 0 Å². The third-order valence-electron chi connectivity index (χ3n) is 4.84. The fourth-order valence-electron chi connectivity index (χ4n) is 3.35. The van der Waals surface area contributed by atoms with Crippen molar-refractivity contribution in [2.24, 2.45) is 0 Å². The highest BCUT2D eigenvalue weighted by Gasteiger charge is 2.20. The molecule has 0 saturated carbocycles. The van der Waals surface area contributed by atoms with E-state index in [4.69, 9.17) is 11.6 Å². The number of hydrogen-bond acceptors (Lipinski definition) is 6. The lowest BCUT2D eigenvalue weighted by molar-refractivity contribution is -0.117. The third-order valence-corrected chi connectivity index (χ3v) is 5.83. The second kappa shape index (κ2) is 8.90. The molecule has 3 aromatic rings. The molecule has 150 valence electrons. The van der Waals surface area contributed by atoms with Crippen LogP contribution in [0.3, 0.4) is 0 Å². The van der Waals surface area contributed by atoms with Gasteiger partial charge in [0.2, 0.25) is 5.91 Å². The van der Waals surface area contributed by atoms with E-state index in [1.807, 2.05) is 48.7 Å². The van der Waals surface area contributed by atoms with Crippen LogP contribution < -0.4 is 10.2 Å². The van der Waals surface area contributed by atoms with E-state index in [2.05, 4.69) is 25.1 Å². The number of rotatable bonds is 5. The van der Waals surface area contributed by atoms with E-state index in [1.165, 1.54) is 0 Å². The van der Waals surface area contributed by atoms with Crippen molar-refractivity contribution in [1.82, 2.24) is 14.9 Å². The van der Waals surface area contributed by atoms with Gasteiger partial charge in [-0.3, -0.25) is 9.69 Å². The first-order valence-electron chi connectivity index (χ1n) is 9.48. The molecule has 1 aromatic carbocycles. The maximum Gasteiger partial charge on any atom is 0.238 e. The number of benzene rings is 1. The number of anilines is 2. The number of halogens is 1. The Morgan fingerprint density at radius 3 is 2.72 bits per heavy atom.